The lowest BCUT2D eigenvalue weighted by Crippen LogP contribution is -2.59. The van der Waals surface area contributed by atoms with Gasteiger partial charge in [-0.25, -0.2) is 14.6 Å². The van der Waals surface area contributed by atoms with E-state index in [1.165, 1.54) is 0 Å². The van der Waals surface area contributed by atoms with Gasteiger partial charge in [-0.05, 0) is 0 Å². The Labute approximate surface area is 116 Å². The molecular weight excluding hydrogens is 264 g/mol. The first-order valence-corrected chi connectivity index (χ1v) is 6.45. The van der Waals surface area contributed by atoms with Gasteiger partial charge in [0.15, 0.2) is 0 Å². The monoisotopic (exact) mass is 282 g/mol. The van der Waals surface area contributed by atoms with Gasteiger partial charge >= 0.3 is 12.0 Å². The number of nitrogens with zero attached hydrogens (tertiary/aromatic N) is 2. The van der Waals surface area contributed by atoms with Crippen LogP contribution in [-0.4, -0.2) is 52.0 Å². The fourth-order valence-electron chi connectivity index (χ4n) is 2.09. The van der Waals surface area contributed by atoms with Crippen molar-refractivity contribution in [2.75, 3.05) is 19.8 Å². The minimum Gasteiger partial charge on any atom is -0.480 e. The Hall–Kier alpha value is -2.09. The molecule has 0 atom stereocenters. The molecule has 2 rings (SSSR count). The summed E-state index contributed by atoms with van der Waals surface area (Å²) in [5, 5.41) is 14.5. The molecule has 2 heterocycles. The quantitative estimate of drug-likeness (QED) is 0.694. The number of carbonyl (C=O) groups excluding carboxylic acids is 1. The Kier molecular flexibility index (Phi) is 4.57. The summed E-state index contributed by atoms with van der Waals surface area (Å²) in [5.41, 5.74) is -1.22. The van der Waals surface area contributed by atoms with Gasteiger partial charge in [-0.1, -0.05) is 0 Å². The number of hydrogen-bond donors (Lipinski definition) is 3. The Bertz CT molecular complexity index is 454. The average Bonchev–Trinajstić information content (AvgIpc) is 2.93. The van der Waals surface area contributed by atoms with E-state index in [1.54, 1.807) is 18.7 Å². The molecule has 8 heteroatoms. The first kappa shape index (κ1) is 14.3. The standard InChI is InChI=1S/C12H18N4O4/c17-10(18)12(1-7-20-8-2-12)15-11(19)14-4-6-16-5-3-13-9-16/h3,5,9H,1-2,4,6-8H2,(H,17,18)(H2,14,15,19). The number of ether oxygens (including phenoxy) is 1. The Balaban J connectivity index is 1.81. The number of aromatic nitrogens is 2. The van der Waals surface area contributed by atoms with E-state index in [0.717, 1.165) is 0 Å². The van der Waals surface area contributed by atoms with Crippen molar-refractivity contribution in [1.29, 1.82) is 0 Å². The lowest BCUT2D eigenvalue weighted by Gasteiger charge is -2.33. The maximum absolute atomic E-state index is 11.8. The number of amides is 2. The summed E-state index contributed by atoms with van der Waals surface area (Å²) in [6.07, 6.45) is 5.64. The van der Waals surface area contributed by atoms with E-state index in [1.807, 2.05) is 4.57 Å². The third kappa shape index (κ3) is 3.47. The van der Waals surface area contributed by atoms with Crippen molar-refractivity contribution in [3.63, 3.8) is 0 Å². The van der Waals surface area contributed by atoms with Crippen molar-refractivity contribution in [2.45, 2.75) is 24.9 Å². The molecular formula is C12H18N4O4. The van der Waals surface area contributed by atoms with Gasteiger partial charge in [-0.3, -0.25) is 0 Å². The van der Waals surface area contributed by atoms with Crippen LogP contribution in [0.15, 0.2) is 18.7 Å². The molecule has 1 aliphatic heterocycles. The molecule has 20 heavy (non-hydrogen) atoms. The zero-order valence-corrected chi connectivity index (χ0v) is 11.0. The number of carboxylic acid groups (broad SMARTS) is 1. The van der Waals surface area contributed by atoms with Crippen LogP contribution >= 0.6 is 0 Å². The number of carboxylic acids is 1. The molecule has 1 aliphatic rings. The topological polar surface area (TPSA) is 105 Å². The van der Waals surface area contributed by atoms with Crippen LogP contribution in [0.3, 0.4) is 0 Å². The molecule has 2 amide bonds. The SMILES string of the molecule is O=C(NCCn1ccnc1)NC1(C(=O)O)CCOCC1. The molecule has 0 saturated carbocycles. The van der Waals surface area contributed by atoms with Crippen LogP contribution in [-0.2, 0) is 16.1 Å². The third-order valence-electron chi connectivity index (χ3n) is 3.32. The molecule has 0 bridgehead atoms. The van der Waals surface area contributed by atoms with Gasteiger partial charge in [0.25, 0.3) is 0 Å². The average molecular weight is 282 g/mol. The molecule has 110 valence electrons. The summed E-state index contributed by atoms with van der Waals surface area (Å²) >= 11 is 0. The summed E-state index contributed by atoms with van der Waals surface area (Å²) < 4.78 is 6.96. The fourth-order valence-corrected chi connectivity index (χ4v) is 2.09. The predicted octanol–water partition coefficient (Wildman–Crippen LogP) is -0.184. The largest absolute Gasteiger partial charge is 0.480 e. The summed E-state index contributed by atoms with van der Waals surface area (Å²) in [6.45, 7) is 1.65. The number of rotatable bonds is 5. The Morgan fingerprint density at radius 2 is 2.15 bits per heavy atom. The second kappa shape index (κ2) is 6.38. The summed E-state index contributed by atoms with van der Waals surface area (Å²) in [4.78, 5) is 27.1. The van der Waals surface area contributed by atoms with E-state index in [2.05, 4.69) is 15.6 Å². The number of imidazole rings is 1. The molecule has 0 aromatic carbocycles. The molecule has 0 unspecified atom stereocenters. The van der Waals surface area contributed by atoms with Crippen LogP contribution in [0.4, 0.5) is 4.79 Å². The number of aliphatic carboxylic acids is 1. The van der Waals surface area contributed by atoms with Gasteiger partial charge in [-0.15, -0.1) is 0 Å². The number of urea groups is 1. The summed E-state index contributed by atoms with van der Waals surface area (Å²) in [5.74, 6) is -1.02. The highest BCUT2D eigenvalue weighted by Crippen LogP contribution is 2.20. The van der Waals surface area contributed by atoms with E-state index < -0.39 is 17.5 Å². The van der Waals surface area contributed by atoms with Crippen LogP contribution in [0, 0.1) is 0 Å². The van der Waals surface area contributed by atoms with Gasteiger partial charge < -0.3 is 25.0 Å². The third-order valence-corrected chi connectivity index (χ3v) is 3.32. The minimum atomic E-state index is -1.22. The summed E-state index contributed by atoms with van der Waals surface area (Å²) in [7, 11) is 0. The second-order valence-corrected chi connectivity index (χ2v) is 4.68. The normalized spacial score (nSPS) is 17.4. The van der Waals surface area contributed by atoms with E-state index in [0.29, 0.717) is 26.3 Å². The Morgan fingerprint density at radius 3 is 2.75 bits per heavy atom. The lowest BCUT2D eigenvalue weighted by atomic mass is 9.90. The van der Waals surface area contributed by atoms with Crippen molar-refractivity contribution in [2.24, 2.45) is 0 Å². The fraction of sp³-hybridized carbons (Fsp3) is 0.583. The number of nitrogens with one attached hydrogen (secondary N) is 2. The molecule has 1 saturated heterocycles. The molecule has 1 fully saturated rings. The van der Waals surface area contributed by atoms with Crippen molar-refractivity contribution >= 4 is 12.0 Å². The Morgan fingerprint density at radius 1 is 1.40 bits per heavy atom. The molecule has 3 N–H and O–H groups in total. The molecule has 0 aliphatic carbocycles. The number of carbonyl (C=O) groups is 2. The van der Waals surface area contributed by atoms with Gasteiger partial charge in [-0.2, -0.15) is 0 Å². The van der Waals surface area contributed by atoms with E-state index in [-0.39, 0.29) is 12.8 Å². The van der Waals surface area contributed by atoms with E-state index >= 15 is 0 Å². The van der Waals surface area contributed by atoms with Crippen molar-refractivity contribution in [3.05, 3.63) is 18.7 Å². The minimum absolute atomic E-state index is 0.275. The lowest BCUT2D eigenvalue weighted by molar-refractivity contribution is -0.148. The van der Waals surface area contributed by atoms with E-state index in [4.69, 9.17) is 4.74 Å². The van der Waals surface area contributed by atoms with Crippen molar-refractivity contribution < 1.29 is 19.4 Å². The van der Waals surface area contributed by atoms with Crippen molar-refractivity contribution in [1.82, 2.24) is 20.2 Å². The highest BCUT2D eigenvalue weighted by molar-refractivity contribution is 5.86. The molecule has 8 nitrogen and oxygen atoms in total. The van der Waals surface area contributed by atoms with E-state index in [9.17, 15) is 14.7 Å². The van der Waals surface area contributed by atoms with Gasteiger partial charge in [0.1, 0.15) is 5.54 Å². The van der Waals surface area contributed by atoms with Crippen molar-refractivity contribution in [3.8, 4) is 0 Å². The molecule has 0 spiro atoms. The first-order chi connectivity index (χ1) is 9.62. The maximum Gasteiger partial charge on any atom is 0.329 e. The zero-order valence-electron chi connectivity index (χ0n) is 11.0. The molecule has 0 radical (unpaired) electrons. The molecule has 1 aromatic rings. The van der Waals surface area contributed by atoms with Gasteiger partial charge in [0, 0.05) is 51.5 Å². The van der Waals surface area contributed by atoms with Gasteiger partial charge in [0.2, 0.25) is 0 Å². The highest BCUT2D eigenvalue weighted by Gasteiger charge is 2.41. The summed E-state index contributed by atoms with van der Waals surface area (Å²) in [6, 6.07) is -0.477. The second-order valence-electron chi connectivity index (χ2n) is 4.68. The van der Waals surface area contributed by atoms with Crippen LogP contribution < -0.4 is 10.6 Å². The van der Waals surface area contributed by atoms with Crippen LogP contribution in [0.2, 0.25) is 0 Å². The van der Waals surface area contributed by atoms with Crippen LogP contribution in [0.25, 0.3) is 0 Å². The smallest absolute Gasteiger partial charge is 0.329 e. The first-order valence-electron chi connectivity index (χ1n) is 6.45. The zero-order chi connectivity index (χ0) is 14.4. The predicted molar refractivity (Wildman–Crippen MR) is 69.2 cm³/mol. The van der Waals surface area contributed by atoms with Gasteiger partial charge in [0.05, 0.1) is 6.33 Å². The number of hydrogen-bond acceptors (Lipinski definition) is 4. The molecule has 1 aromatic heterocycles. The highest BCUT2D eigenvalue weighted by atomic mass is 16.5. The van der Waals surface area contributed by atoms with Crippen LogP contribution in [0.5, 0.6) is 0 Å². The van der Waals surface area contributed by atoms with Crippen LogP contribution in [0.1, 0.15) is 12.8 Å². The maximum atomic E-state index is 11.8.